The third-order valence-corrected chi connectivity index (χ3v) is 3.71. The molecule has 0 radical (unpaired) electrons. The van der Waals surface area contributed by atoms with Crippen molar-refractivity contribution in [2.75, 3.05) is 0 Å². The van der Waals surface area contributed by atoms with Gasteiger partial charge in [-0.2, -0.15) is 0 Å². The Kier molecular flexibility index (Phi) is 6.56. The molecule has 3 atom stereocenters. The van der Waals surface area contributed by atoms with Crippen LogP contribution < -0.4 is 11.1 Å². The van der Waals surface area contributed by atoms with Gasteiger partial charge in [-0.3, -0.25) is 4.79 Å². The Hall–Kier alpha value is -0.570. The first kappa shape index (κ1) is 14.5. The van der Waals surface area contributed by atoms with Crippen LogP contribution in [0.25, 0.3) is 0 Å². The number of amides is 1. The van der Waals surface area contributed by atoms with Gasteiger partial charge in [0.25, 0.3) is 0 Å². The highest BCUT2D eigenvalue weighted by Gasteiger charge is 2.25. The first-order valence-corrected chi connectivity index (χ1v) is 7.19. The van der Waals surface area contributed by atoms with Crippen LogP contribution in [0.5, 0.6) is 0 Å². The monoisotopic (exact) mass is 240 g/mol. The molecule has 0 aromatic rings. The van der Waals surface area contributed by atoms with Crippen molar-refractivity contribution in [3.05, 3.63) is 0 Å². The predicted octanol–water partition coefficient (Wildman–Crippen LogP) is 2.59. The number of hydrogen-bond donors (Lipinski definition) is 2. The molecule has 1 fully saturated rings. The molecule has 0 heterocycles. The van der Waals surface area contributed by atoms with E-state index in [0.717, 1.165) is 32.1 Å². The van der Waals surface area contributed by atoms with E-state index in [-0.39, 0.29) is 17.9 Å². The third kappa shape index (κ3) is 5.53. The van der Waals surface area contributed by atoms with Crippen LogP contribution in [-0.2, 0) is 4.79 Å². The highest BCUT2D eigenvalue weighted by molar-refractivity contribution is 5.79. The lowest BCUT2D eigenvalue weighted by molar-refractivity contribution is -0.126. The molecule has 1 aliphatic carbocycles. The van der Waals surface area contributed by atoms with Crippen molar-refractivity contribution in [3.8, 4) is 0 Å². The van der Waals surface area contributed by atoms with Gasteiger partial charge in [-0.15, -0.1) is 0 Å². The predicted molar refractivity (Wildman–Crippen MR) is 71.7 cm³/mol. The summed E-state index contributed by atoms with van der Waals surface area (Å²) in [6.07, 6.45) is 8.86. The molecule has 0 aromatic carbocycles. The molecule has 0 saturated heterocycles. The van der Waals surface area contributed by atoms with Crippen LogP contribution in [0.3, 0.4) is 0 Å². The molecular formula is C14H28N2O. The number of unbranched alkanes of at least 4 members (excludes halogenated alkanes) is 2. The minimum atomic E-state index is 0.160. The molecule has 3 nitrogen and oxygen atoms in total. The Balaban J connectivity index is 2.22. The second-order valence-electron chi connectivity index (χ2n) is 5.53. The second kappa shape index (κ2) is 7.70. The molecule has 0 spiro atoms. The van der Waals surface area contributed by atoms with Gasteiger partial charge < -0.3 is 11.1 Å². The summed E-state index contributed by atoms with van der Waals surface area (Å²) < 4.78 is 0. The first-order chi connectivity index (χ1) is 8.13. The van der Waals surface area contributed by atoms with Crippen molar-refractivity contribution in [2.24, 2.45) is 11.7 Å². The summed E-state index contributed by atoms with van der Waals surface area (Å²) in [5.74, 6) is 0.386. The molecule has 1 aliphatic rings. The maximum Gasteiger partial charge on any atom is 0.223 e. The Morgan fingerprint density at radius 3 is 2.82 bits per heavy atom. The summed E-state index contributed by atoms with van der Waals surface area (Å²) in [6.45, 7) is 4.31. The summed E-state index contributed by atoms with van der Waals surface area (Å²) in [7, 11) is 0. The molecule has 0 aromatic heterocycles. The van der Waals surface area contributed by atoms with Crippen molar-refractivity contribution in [1.29, 1.82) is 0 Å². The fourth-order valence-electron chi connectivity index (χ4n) is 2.60. The van der Waals surface area contributed by atoms with Crippen LogP contribution in [-0.4, -0.2) is 18.0 Å². The van der Waals surface area contributed by atoms with E-state index < -0.39 is 0 Å². The average Bonchev–Trinajstić information content (AvgIpc) is 2.29. The van der Waals surface area contributed by atoms with Crippen LogP contribution in [0.2, 0.25) is 0 Å². The lowest BCUT2D eigenvalue weighted by atomic mass is 9.85. The van der Waals surface area contributed by atoms with Crippen LogP contribution in [0.4, 0.5) is 0 Å². The molecule has 3 N–H and O–H groups in total. The van der Waals surface area contributed by atoms with E-state index >= 15 is 0 Å². The molecule has 1 saturated carbocycles. The van der Waals surface area contributed by atoms with Crippen molar-refractivity contribution in [1.82, 2.24) is 5.32 Å². The van der Waals surface area contributed by atoms with Crippen molar-refractivity contribution < 1.29 is 4.79 Å². The fourth-order valence-corrected chi connectivity index (χ4v) is 2.60. The minimum Gasteiger partial charge on any atom is -0.353 e. The maximum atomic E-state index is 12.0. The van der Waals surface area contributed by atoms with Gasteiger partial charge in [0.1, 0.15) is 0 Å². The van der Waals surface area contributed by atoms with Gasteiger partial charge in [0.15, 0.2) is 0 Å². The number of carbonyl (C=O) groups excluding carboxylic acids is 1. The van der Waals surface area contributed by atoms with E-state index in [2.05, 4.69) is 19.2 Å². The van der Waals surface area contributed by atoms with E-state index in [1.807, 2.05) is 0 Å². The average molecular weight is 240 g/mol. The number of carbonyl (C=O) groups is 1. The van der Waals surface area contributed by atoms with Gasteiger partial charge in [0, 0.05) is 18.0 Å². The van der Waals surface area contributed by atoms with Crippen molar-refractivity contribution in [3.63, 3.8) is 0 Å². The molecule has 0 aliphatic heterocycles. The SMILES string of the molecule is CCCCCC(C)NC(=O)C1CCCC(N)C1. The Morgan fingerprint density at radius 2 is 2.18 bits per heavy atom. The number of nitrogens with one attached hydrogen (secondary N) is 1. The third-order valence-electron chi connectivity index (χ3n) is 3.71. The van der Waals surface area contributed by atoms with Crippen LogP contribution in [0.15, 0.2) is 0 Å². The second-order valence-corrected chi connectivity index (χ2v) is 5.53. The highest BCUT2D eigenvalue weighted by atomic mass is 16.1. The van der Waals surface area contributed by atoms with E-state index in [1.54, 1.807) is 0 Å². The summed E-state index contributed by atoms with van der Waals surface area (Å²) in [5.41, 5.74) is 5.91. The Labute approximate surface area is 106 Å². The summed E-state index contributed by atoms with van der Waals surface area (Å²) in [4.78, 5) is 12.0. The van der Waals surface area contributed by atoms with Gasteiger partial charge in [-0.05, 0) is 32.6 Å². The lowest BCUT2D eigenvalue weighted by Gasteiger charge is -2.27. The molecule has 17 heavy (non-hydrogen) atoms. The van der Waals surface area contributed by atoms with Crippen LogP contribution in [0.1, 0.15) is 65.2 Å². The zero-order chi connectivity index (χ0) is 12.7. The Bertz CT molecular complexity index is 230. The zero-order valence-electron chi connectivity index (χ0n) is 11.4. The van der Waals surface area contributed by atoms with E-state index in [1.165, 1.54) is 19.3 Å². The molecule has 0 bridgehead atoms. The lowest BCUT2D eigenvalue weighted by Crippen LogP contribution is -2.41. The van der Waals surface area contributed by atoms with E-state index in [9.17, 15) is 4.79 Å². The topological polar surface area (TPSA) is 55.1 Å². The number of nitrogens with two attached hydrogens (primary N) is 1. The van der Waals surface area contributed by atoms with Gasteiger partial charge in [-0.1, -0.05) is 32.6 Å². The van der Waals surface area contributed by atoms with Gasteiger partial charge in [-0.25, -0.2) is 0 Å². The highest BCUT2D eigenvalue weighted by Crippen LogP contribution is 2.23. The summed E-state index contributed by atoms with van der Waals surface area (Å²) in [6, 6.07) is 0.544. The standard InChI is InChI=1S/C14H28N2O/c1-3-4-5-7-11(2)16-14(17)12-8-6-9-13(15)10-12/h11-13H,3-10,15H2,1-2H3,(H,16,17). The fraction of sp³-hybridized carbons (Fsp3) is 0.929. The molecular weight excluding hydrogens is 212 g/mol. The summed E-state index contributed by atoms with van der Waals surface area (Å²) in [5, 5.41) is 3.13. The largest absolute Gasteiger partial charge is 0.353 e. The quantitative estimate of drug-likeness (QED) is 0.701. The minimum absolute atomic E-state index is 0.160. The first-order valence-electron chi connectivity index (χ1n) is 7.19. The van der Waals surface area contributed by atoms with Gasteiger partial charge >= 0.3 is 0 Å². The maximum absolute atomic E-state index is 12.0. The number of rotatable bonds is 6. The molecule has 3 heteroatoms. The van der Waals surface area contributed by atoms with Crippen LogP contribution in [0, 0.1) is 5.92 Å². The Morgan fingerprint density at radius 1 is 1.41 bits per heavy atom. The molecule has 100 valence electrons. The zero-order valence-corrected chi connectivity index (χ0v) is 11.4. The molecule has 3 unspecified atom stereocenters. The molecule has 1 rings (SSSR count). The van der Waals surface area contributed by atoms with Crippen LogP contribution >= 0.6 is 0 Å². The van der Waals surface area contributed by atoms with E-state index in [0.29, 0.717) is 6.04 Å². The normalized spacial score (nSPS) is 26.5. The van der Waals surface area contributed by atoms with Gasteiger partial charge in [0.05, 0.1) is 0 Å². The van der Waals surface area contributed by atoms with Crippen molar-refractivity contribution >= 4 is 5.91 Å². The smallest absolute Gasteiger partial charge is 0.223 e. The van der Waals surface area contributed by atoms with Gasteiger partial charge in [0.2, 0.25) is 5.91 Å². The summed E-state index contributed by atoms with van der Waals surface area (Å²) >= 11 is 0. The molecule has 1 amide bonds. The van der Waals surface area contributed by atoms with Crippen molar-refractivity contribution in [2.45, 2.75) is 77.3 Å². The van der Waals surface area contributed by atoms with E-state index in [4.69, 9.17) is 5.73 Å². The number of hydrogen-bond acceptors (Lipinski definition) is 2.